The number of amides is 4. The van der Waals surface area contributed by atoms with Crippen LogP contribution in [0.2, 0.25) is 20.1 Å². The number of nitrogens with zero attached hydrogens (tertiary/aromatic N) is 2. The van der Waals surface area contributed by atoms with Gasteiger partial charge >= 0.3 is 23.9 Å². The molecule has 5 aromatic rings. The second-order valence-corrected chi connectivity index (χ2v) is 20.2. The molecular weight excluding hydrogens is 998 g/mol. The Morgan fingerprint density at radius 3 is 1.41 bits per heavy atom. The Labute approximate surface area is 429 Å². The molecule has 0 fully saturated rings. The largest absolute Gasteiger partial charge is 0.463 e. The van der Waals surface area contributed by atoms with Crippen LogP contribution in [0.4, 0.5) is 0 Å². The number of esters is 4. The summed E-state index contributed by atoms with van der Waals surface area (Å²) in [6, 6.07) is 4.94. The van der Waals surface area contributed by atoms with Gasteiger partial charge in [-0.1, -0.05) is 107 Å². The van der Waals surface area contributed by atoms with Crippen LogP contribution in [0.3, 0.4) is 0 Å². The number of halogens is 4. The molecule has 14 nitrogen and oxygen atoms in total. The van der Waals surface area contributed by atoms with Gasteiger partial charge in [-0.25, -0.2) is 9.59 Å². The van der Waals surface area contributed by atoms with Gasteiger partial charge in [-0.15, -0.1) is 0 Å². The molecule has 5 aromatic carbocycles. The van der Waals surface area contributed by atoms with Gasteiger partial charge in [0.05, 0.1) is 41.1 Å². The minimum absolute atomic E-state index is 0.0531. The molecule has 2 aliphatic heterocycles. The van der Waals surface area contributed by atoms with E-state index in [2.05, 4.69) is 20.1 Å². The van der Waals surface area contributed by atoms with Gasteiger partial charge in [0.25, 0.3) is 23.6 Å². The third-order valence-corrected chi connectivity index (χ3v) is 14.0. The molecule has 0 saturated heterocycles. The maximum atomic E-state index is 14.8. The topological polar surface area (TPSA) is 180 Å². The standard InChI is InChI=1S/C53H52Cl4N2O12/c1-9-11-12-27(10-2)20-58-48(62)30-16-34(54)42-44-36(56)18-32-41-33(19-37(57)45(47(41)44)43-35(55)17-31(49(58)63)40(30)46(42)43)51(65)59(50(32)64)28(15-24(3)4)21-68-38(60)13-14-39(61)71-29(22-69-52(66)25(5)6)23-70-53(67)26(7)8/h16-19,24,27-29H,5,7,9-15,20-23H2,1-4,6,8H3. The quantitative estimate of drug-likeness (QED) is 0.0170. The summed E-state index contributed by atoms with van der Waals surface area (Å²) in [6.45, 7) is 16.5. The molecule has 0 saturated carbocycles. The summed E-state index contributed by atoms with van der Waals surface area (Å²) in [5.41, 5.74) is 0.722. The predicted molar refractivity (Wildman–Crippen MR) is 272 cm³/mol. The molecule has 2 unspecified atom stereocenters. The first-order chi connectivity index (χ1) is 33.6. The third-order valence-electron chi connectivity index (χ3n) is 12.8. The third kappa shape index (κ3) is 10.2. The van der Waals surface area contributed by atoms with Crippen molar-refractivity contribution < 1.29 is 57.3 Å². The molecule has 71 heavy (non-hydrogen) atoms. The van der Waals surface area contributed by atoms with E-state index in [1.54, 1.807) is 0 Å². The summed E-state index contributed by atoms with van der Waals surface area (Å²) in [7, 11) is 0. The Morgan fingerprint density at radius 1 is 0.592 bits per heavy atom. The van der Waals surface area contributed by atoms with E-state index in [9.17, 15) is 38.4 Å². The number of unbranched alkanes of at least 4 members (excludes halogenated alkanes) is 1. The molecule has 0 radical (unpaired) electrons. The Hall–Kier alpha value is -5.80. The van der Waals surface area contributed by atoms with Crippen molar-refractivity contribution in [2.75, 3.05) is 26.4 Å². The minimum atomic E-state index is -1.22. The maximum absolute atomic E-state index is 14.8. The highest BCUT2D eigenvalue weighted by Gasteiger charge is 2.42. The fourth-order valence-corrected chi connectivity index (χ4v) is 10.6. The van der Waals surface area contributed by atoms with Crippen LogP contribution >= 0.6 is 46.4 Å². The number of ether oxygens (including phenoxy) is 4. The van der Waals surface area contributed by atoms with Gasteiger partial charge in [0.15, 0.2) is 6.10 Å². The van der Waals surface area contributed by atoms with E-state index < -0.39 is 92.3 Å². The van der Waals surface area contributed by atoms with E-state index in [0.29, 0.717) is 37.7 Å². The highest BCUT2D eigenvalue weighted by Crippen LogP contribution is 2.54. The zero-order valence-corrected chi connectivity index (χ0v) is 43.1. The number of benzene rings is 5. The molecule has 7 rings (SSSR count). The van der Waals surface area contributed by atoms with Crippen molar-refractivity contribution >= 4 is 137 Å². The zero-order chi connectivity index (χ0) is 51.9. The summed E-state index contributed by atoms with van der Waals surface area (Å²) >= 11 is 28.8. The fourth-order valence-electron chi connectivity index (χ4n) is 9.40. The van der Waals surface area contributed by atoms with Crippen molar-refractivity contribution in [1.29, 1.82) is 0 Å². The van der Waals surface area contributed by atoms with Gasteiger partial charge in [-0.2, -0.15) is 0 Å². The second kappa shape index (κ2) is 21.5. The summed E-state index contributed by atoms with van der Waals surface area (Å²) in [6.07, 6.45) is 1.59. The molecule has 0 aliphatic carbocycles. The Morgan fingerprint density at radius 2 is 1.01 bits per heavy atom. The van der Waals surface area contributed by atoms with Gasteiger partial charge in [0.2, 0.25) is 0 Å². The first-order valence-electron chi connectivity index (χ1n) is 23.3. The summed E-state index contributed by atoms with van der Waals surface area (Å²) in [4.78, 5) is 111. The van der Waals surface area contributed by atoms with Crippen LogP contribution < -0.4 is 0 Å². The number of imide groups is 2. The molecule has 2 aliphatic rings. The normalized spacial score (nSPS) is 14.4. The van der Waals surface area contributed by atoms with E-state index >= 15 is 0 Å². The van der Waals surface area contributed by atoms with E-state index in [0.717, 1.165) is 30.6 Å². The smallest absolute Gasteiger partial charge is 0.333 e. The van der Waals surface area contributed by atoms with E-state index in [4.69, 9.17) is 65.4 Å². The molecular formula is C53H52Cl4N2O12. The lowest BCUT2D eigenvalue weighted by Crippen LogP contribution is -2.49. The van der Waals surface area contributed by atoms with Gasteiger partial charge in [0, 0.05) is 80.9 Å². The minimum Gasteiger partial charge on any atom is -0.463 e. The molecule has 0 spiro atoms. The van der Waals surface area contributed by atoms with E-state index in [-0.39, 0.29) is 83.7 Å². The van der Waals surface area contributed by atoms with Crippen LogP contribution in [0.15, 0.2) is 48.6 Å². The summed E-state index contributed by atoms with van der Waals surface area (Å²) in [5, 5.41) is 3.06. The Kier molecular flexibility index (Phi) is 16.1. The number of rotatable bonds is 21. The number of hydrogen-bond acceptors (Lipinski definition) is 12. The van der Waals surface area contributed by atoms with Crippen LogP contribution in [0.25, 0.3) is 43.1 Å². The van der Waals surface area contributed by atoms with Crippen molar-refractivity contribution in [2.24, 2.45) is 11.8 Å². The average molecular weight is 1050 g/mol. The monoisotopic (exact) mass is 1050 g/mol. The van der Waals surface area contributed by atoms with Crippen molar-refractivity contribution in [3.05, 3.63) is 90.9 Å². The first-order valence-corrected chi connectivity index (χ1v) is 24.8. The maximum Gasteiger partial charge on any atom is 0.333 e. The molecule has 0 aromatic heterocycles. The summed E-state index contributed by atoms with van der Waals surface area (Å²) < 4.78 is 21.1. The lowest BCUT2D eigenvalue weighted by molar-refractivity contribution is -0.165. The SMILES string of the molecule is C=C(C)C(=O)OCC(COC(=O)C(=C)C)OC(=O)CCC(=O)OCC(CC(C)C)N1C(=O)c2cc(Cl)c3c4c(Cl)cc5c6c(cc(Cl)c(c7c(Cl)cc(c2c37)C1=O)c64)C(=O)N(CC(CC)CCCC)C5=O. The molecule has 2 heterocycles. The zero-order valence-electron chi connectivity index (χ0n) is 40.1. The number of hydrogen-bond donors (Lipinski definition) is 0. The van der Waals surface area contributed by atoms with E-state index in [1.807, 2.05) is 20.8 Å². The summed E-state index contributed by atoms with van der Waals surface area (Å²) in [5.74, 6) is -5.72. The van der Waals surface area contributed by atoms with Gasteiger partial charge < -0.3 is 18.9 Å². The average Bonchev–Trinajstić information content (AvgIpc) is 3.31. The lowest BCUT2D eigenvalue weighted by Gasteiger charge is -2.35. The highest BCUT2D eigenvalue weighted by molar-refractivity contribution is 6.56. The van der Waals surface area contributed by atoms with Crippen LogP contribution in [0.1, 0.15) is 128 Å². The first kappa shape index (κ1) is 53.0. The molecule has 4 amide bonds. The van der Waals surface area contributed by atoms with Crippen LogP contribution in [-0.4, -0.2) is 95.8 Å². The molecule has 2 atom stereocenters. The van der Waals surface area contributed by atoms with Crippen LogP contribution in [-0.2, 0) is 38.1 Å². The predicted octanol–water partition coefficient (Wildman–Crippen LogP) is 11.6. The lowest BCUT2D eigenvalue weighted by atomic mass is 9.81. The van der Waals surface area contributed by atoms with Crippen molar-refractivity contribution in [1.82, 2.24) is 9.80 Å². The Bertz CT molecular complexity index is 2960. The highest BCUT2D eigenvalue weighted by atomic mass is 35.5. The van der Waals surface area contributed by atoms with Gasteiger partial charge in [-0.3, -0.25) is 38.6 Å². The molecule has 374 valence electrons. The molecule has 0 bridgehead atoms. The van der Waals surface area contributed by atoms with Gasteiger partial charge in [-0.05, 0) is 62.8 Å². The van der Waals surface area contributed by atoms with E-state index in [1.165, 1.54) is 43.0 Å². The fraction of sp³-hybridized carbons (Fsp3) is 0.396. The number of carbonyl (C=O) groups is 8. The van der Waals surface area contributed by atoms with Crippen LogP contribution in [0.5, 0.6) is 0 Å². The van der Waals surface area contributed by atoms with Crippen LogP contribution in [0, 0.1) is 11.8 Å². The second-order valence-electron chi connectivity index (χ2n) is 18.6. The Balaban J connectivity index is 1.19. The van der Waals surface area contributed by atoms with Crippen molar-refractivity contribution in [3.8, 4) is 0 Å². The number of fused-ring (bicyclic) bond motifs is 2. The number of carbonyl (C=O) groups excluding carboxylic acids is 8. The van der Waals surface area contributed by atoms with Crippen molar-refractivity contribution in [3.63, 3.8) is 0 Å². The molecule has 18 heteroatoms. The van der Waals surface area contributed by atoms with Gasteiger partial charge in [0.1, 0.15) is 19.8 Å². The van der Waals surface area contributed by atoms with Crippen molar-refractivity contribution in [2.45, 2.75) is 98.6 Å². The molecule has 0 N–H and O–H groups in total.